The molecule has 0 aromatic heterocycles. The number of carboxylic acid groups (broad SMARTS) is 1. The lowest BCUT2D eigenvalue weighted by Crippen LogP contribution is -2.61. The Morgan fingerprint density at radius 2 is 1.43 bits per heavy atom. The minimum Gasteiger partial charge on any atom is -0.481 e. The Bertz CT molecular complexity index is 616. The molecule has 1 fully saturated rings. The van der Waals surface area contributed by atoms with Crippen molar-refractivity contribution < 1.29 is 29.7 Å². The minimum absolute atomic E-state index is 0.0786. The van der Waals surface area contributed by atoms with E-state index in [0.717, 1.165) is 25.7 Å². The number of hydrogen-bond acceptors (Lipinski definition) is 6. The van der Waals surface area contributed by atoms with Crippen LogP contribution in [0.15, 0.2) is 0 Å². The number of nitrogens with one attached hydrogen (secondary N) is 2. The highest BCUT2D eigenvalue weighted by Gasteiger charge is 2.33. The summed E-state index contributed by atoms with van der Waals surface area (Å²) in [5.41, 5.74) is 0. The zero-order valence-electron chi connectivity index (χ0n) is 21.8. The van der Waals surface area contributed by atoms with Gasteiger partial charge in [-0.2, -0.15) is 0 Å². The predicted octanol–water partition coefficient (Wildman–Crippen LogP) is 2.58. The number of carbonyl (C=O) groups excluding carboxylic acids is 2. The Balaban J connectivity index is 2.27. The van der Waals surface area contributed by atoms with E-state index in [1.165, 1.54) is 38.5 Å². The summed E-state index contributed by atoms with van der Waals surface area (Å²) >= 11 is 0. The first-order chi connectivity index (χ1) is 16.7. The molecule has 0 saturated carbocycles. The molecule has 5 N–H and O–H groups in total. The van der Waals surface area contributed by atoms with Gasteiger partial charge in [-0.15, -0.1) is 0 Å². The Morgan fingerprint density at radius 1 is 0.857 bits per heavy atom. The van der Waals surface area contributed by atoms with Crippen molar-refractivity contribution in [2.24, 2.45) is 0 Å². The molecule has 0 bridgehead atoms. The molecule has 0 radical (unpaired) electrons. The minimum atomic E-state index is -1.00. The fourth-order valence-electron chi connectivity index (χ4n) is 4.57. The lowest BCUT2D eigenvalue weighted by molar-refractivity contribution is -0.140. The Labute approximate surface area is 211 Å². The lowest BCUT2D eigenvalue weighted by Gasteiger charge is -2.30. The molecule has 0 aliphatic carbocycles. The molecule has 0 aromatic rings. The zero-order valence-corrected chi connectivity index (χ0v) is 21.8. The van der Waals surface area contributed by atoms with Crippen LogP contribution in [-0.4, -0.2) is 81.9 Å². The smallest absolute Gasteiger partial charge is 0.303 e. The van der Waals surface area contributed by atoms with E-state index in [4.69, 9.17) is 5.11 Å². The SMILES string of the molecule is CCCCCCCCCCC(O)CN(CCCCC1NC(=O)C(CCC(=O)O)NC1=O)CC(C)O. The fourth-order valence-corrected chi connectivity index (χ4v) is 4.57. The van der Waals surface area contributed by atoms with Gasteiger partial charge in [0.2, 0.25) is 11.8 Å². The van der Waals surface area contributed by atoms with Crippen LogP contribution in [0.1, 0.15) is 104 Å². The number of aliphatic hydroxyl groups is 2. The second-order valence-corrected chi connectivity index (χ2v) is 10.1. The van der Waals surface area contributed by atoms with E-state index in [1.807, 2.05) is 0 Å². The van der Waals surface area contributed by atoms with Gasteiger partial charge in [0.05, 0.1) is 12.2 Å². The highest BCUT2D eigenvalue weighted by atomic mass is 16.4. The standard InChI is InChI=1S/C26H49N3O6/c1-3-4-5-6-7-8-9-10-13-21(31)19-29(18-20(2)30)17-12-11-14-22-25(34)28-23(26(35)27-22)15-16-24(32)33/h20-23,30-31H,3-19H2,1-2H3,(H,27,35)(H,28,34)(H,32,33). The average Bonchev–Trinajstić information content (AvgIpc) is 2.78. The number of unbranched alkanes of at least 4 members (excludes halogenated alkanes) is 8. The molecule has 4 atom stereocenters. The maximum atomic E-state index is 12.3. The number of aliphatic hydroxyl groups excluding tert-OH is 2. The Hall–Kier alpha value is -1.71. The maximum Gasteiger partial charge on any atom is 0.303 e. The van der Waals surface area contributed by atoms with E-state index < -0.39 is 30.3 Å². The van der Waals surface area contributed by atoms with Gasteiger partial charge in [0.15, 0.2) is 0 Å². The van der Waals surface area contributed by atoms with Gasteiger partial charge in [-0.1, -0.05) is 58.3 Å². The van der Waals surface area contributed by atoms with Gasteiger partial charge in [-0.05, 0) is 45.6 Å². The molecule has 1 rings (SSSR count). The van der Waals surface area contributed by atoms with Crippen LogP contribution < -0.4 is 10.6 Å². The van der Waals surface area contributed by atoms with Gasteiger partial charge in [0.25, 0.3) is 0 Å². The average molecular weight is 500 g/mol. The van der Waals surface area contributed by atoms with Crippen molar-refractivity contribution in [3.63, 3.8) is 0 Å². The summed E-state index contributed by atoms with van der Waals surface area (Å²) in [4.78, 5) is 37.2. The second-order valence-electron chi connectivity index (χ2n) is 10.1. The molecule has 1 heterocycles. The van der Waals surface area contributed by atoms with E-state index in [0.29, 0.717) is 32.5 Å². The van der Waals surface area contributed by atoms with Crippen molar-refractivity contribution in [2.45, 2.75) is 128 Å². The molecule has 9 heteroatoms. The number of carboxylic acids is 1. The number of rotatable bonds is 21. The van der Waals surface area contributed by atoms with Gasteiger partial charge < -0.3 is 26.0 Å². The topological polar surface area (TPSA) is 139 Å². The van der Waals surface area contributed by atoms with Gasteiger partial charge in [0, 0.05) is 19.5 Å². The van der Waals surface area contributed by atoms with Crippen molar-refractivity contribution in [2.75, 3.05) is 19.6 Å². The van der Waals surface area contributed by atoms with Crippen molar-refractivity contribution in [3.05, 3.63) is 0 Å². The van der Waals surface area contributed by atoms with E-state index in [2.05, 4.69) is 22.5 Å². The summed E-state index contributed by atoms with van der Waals surface area (Å²) in [7, 11) is 0. The Morgan fingerprint density at radius 3 is 2.00 bits per heavy atom. The molecule has 35 heavy (non-hydrogen) atoms. The van der Waals surface area contributed by atoms with Crippen LogP contribution in [-0.2, 0) is 14.4 Å². The van der Waals surface area contributed by atoms with Gasteiger partial charge in [-0.3, -0.25) is 19.3 Å². The molecule has 1 saturated heterocycles. The number of piperazine rings is 1. The molecule has 1 aliphatic rings. The van der Waals surface area contributed by atoms with E-state index in [-0.39, 0.29) is 24.7 Å². The highest BCUT2D eigenvalue weighted by Crippen LogP contribution is 2.13. The lowest BCUT2D eigenvalue weighted by atomic mass is 10.0. The van der Waals surface area contributed by atoms with E-state index in [1.54, 1.807) is 6.92 Å². The first kappa shape index (κ1) is 31.3. The quantitative estimate of drug-likeness (QED) is 0.153. The van der Waals surface area contributed by atoms with Gasteiger partial charge in [0.1, 0.15) is 12.1 Å². The summed E-state index contributed by atoms with van der Waals surface area (Å²) in [6, 6.07) is -1.40. The van der Waals surface area contributed by atoms with Crippen molar-refractivity contribution >= 4 is 17.8 Å². The van der Waals surface area contributed by atoms with Crippen LogP contribution in [0.3, 0.4) is 0 Å². The van der Waals surface area contributed by atoms with Crippen molar-refractivity contribution in [3.8, 4) is 0 Å². The molecule has 0 spiro atoms. The maximum absolute atomic E-state index is 12.3. The first-order valence-corrected chi connectivity index (χ1v) is 13.6. The first-order valence-electron chi connectivity index (χ1n) is 13.6. The summed E-state index contributed by atoms with van der Waals surface area (Å²) in [5.74, 6) is -1.61. The molecular formula is C26H49N3O6. The van der Waals surface area contributed by atoms with Crippen LogP contribution in [0.5, 0.6) is 0 Å². The summed E-state index contributed by atoms with van der Waals surface area (Å²) < 4.78 is 0. The van der Waals surface area contributed by atoms with Gasteiger partial charge in [-0.25, -0.2) is 0 Å². The van der Waals surface area contributed by atoms with Crippen LogP contribution in [0.25, 0.3) is 0 Å². The number of nitrogens with zero attached hydrogens (tertiary/aromatic N) is 1. The van der Waals surface area contributed by atoms with Gasteiger partial charge >= 0.3 is 5.97 Å². The molecule has 1 aliphatic heterocycles. The van der Waals surface area contributed by atoms with Crippen molar-refractivity contribution in [1.82, 2.24) is 15.5 Å². The Kier molecular flexibility index (Phi) is 16.6. The number of carbonyl (C=O) groups is 3. The summed E-state index contributed by atoms with van der Waals surface area (Å²) in [5, 5.41) is 34.4. The number of hydrogen-bond donors (Lipinski definition) is 5. The van der Waals surface area contributed by atoms with Crippen LogP contribution in [0.2, 0.25) is 0 Å². The van der Waals surface area contributed by atoms with Crippen LogP contribution in [0, 0.1) is 0 Å². The number of amides is 2. The fraction of sp³-hybridized carbons (Fsp3) is 0.885. The van der Waals surface area contributed by atoms with Crippen LogP contribution in [0.4, 0.5) is 0 Å². The third-order valence-corrected chi connectivity index (χ3v) is 6.51. The normalized spacial score (nSPS) is 19.9. The molecular weight excluding hydrogens is 450 g/mol. The molecule has 9 nitrogen and oxygen atoms in total. The third-order valence-electron chi connectivity index (χ3n) is 6.51. The number of aliphatic carboxylic acids is 1. The second kappa shape index (κ2) is 18.5. The summed E-state index contributed by atoms with van der Waals surface area (Å²) in [6.45, 7) is 5.66. The van der Waals surface area contributed by atoms with Crippen LogP contribution >= 0.6 is 0 Å². The largest absolute Gasteiger partial charge is 0.481 e. The zero-order chi connectivity index (χ0) is 26.1. The predicted molar refractivity (Wildman–Crippen MR) is 136 cm³/mol. The van der Waals surface area contributed by atoms with Crippen molar-refractivity contribution in [1.29, 1.82) is 0 Å². The summed E-state index contributed by atoms with van der Waals surface area (Å²) in [6.07, 6.45) is 11.6. The van der Waals surface area contributed by atoms with E-state index in [9.17, 15) is 24.6 Å². The molecule has 0 aromatic carbocycles. The molecule has 204 valence electrons. The molecule has 4 unspecified atom stereocenters. The third kappa shape index (κ3) is 15.1. The van der Waals surface area contributed by atoms with E-state index >= 15 is 0 Å². The molecule has 2 amide bonds. The highest BCUT2D eigenvalue weighted by molar-refractivity contribution is 5.97. The monoisotopic (exact) mass is 499 g/mol.